The van der Waals surface area contributed by atoms with Gasteiger partial charge in [0.1, 0.15) is 17.1 Å². The summed E-state index contributed by atoms with van der Waals surface area (Å²) in [6, 6.07) is 13.7. The van der Waals surface area contributed by atoms with Crippen molar-refractivity contribution in [3.63, 3.8) is 0 Å². The van der Waals surface area contributed by atoms with Crippen molar-refractivity contribution in [2.45, 2.75) is 12.8 Å². The Balaban J connectivity index is 2.02. The second-order valence-corrected chi connectivity index (χ2v) is 4.61. The van der Waals surface area contributed by atoms with E-state index in [1.54, 1.807) is 0 Å². The van der Waals surface area contributed by atoms with Crippen LogP contribution < -0.4 is 4.74 Å². The van der Waals surface area contributed by atoms with Crippen LogP contribution in [0.15, 0.2) is 48.7 Å². The molecule has 0 N–H and O–H groups in total. The lowest BCUT2D eigenvalue weighted by atomic mass is 10.2. The largest absolute Gasteiger partial charge is 0.437 e. The number of pyridine rings is 1. The molecule has 0 amide bonds. The minimum Gasteiger partial charge on any atom is -0.437 e. The Morgan fingerprint density at radius 1 is 1.16 bits per heavy atom. The summed E-state index contributed by atoms with van der Waals surface area (Å²) in [6.45, 7) is 2.04. The number of ether oxygens (including phenoxy) is 1. The van der Waals surface area contributed by atoms with Gasteiger partial charge in [0.25, 0.3) is 0 Å². The minimum absolute atomic E-state index is 0.354. The fourth-order valence-electron chi connectivity index (χ4n) is 1.95. The molecule has 19 heavy (non-hydrogen) atoms. The highest BCUT2D eigenvalue weighted by Crippen LogP contribution is 2.27. The first-order chi connectivity index (χ1) is 9.28. The van der Waals surface area contributed by atoms with Crippen LogP contribution in [0, 0.1) is 6.92 Å². The van der Waals surface area contributed by atoms with Crippen LogP contribution in [0.2, 0.25) is 0 Å². The number of imidazole rings is 1. The number of nitrogens with zero attached hydrogens (tertiary/aromatic N) is 2. The Kier molecular flexibility index (Phi) is 3.13. The Labute approximate surface area is 116 Å². The van der Waals surface area contributed by atoms with Crippen molar-refractivity contribution in [1.29, 1.82) is 0 Å². The number of hydrogen-bond acceptors (Lipinski definition) is 2. The van der Waals surface area contributed by atoms with Crippen molar-refractivity contribution >= 4 is 17.2 Å². The highest BCUT2D eigenvalue weighted by atomic mass is 35.5. The molecule has 0 aliphatic heterocycles. The molecule has 3 aromatic rings. The van der Waals surface area contributed by atoms with E-state index in [0.29, 0.717) is 11.8 Å². The summed E-state index contributed by atoms with van der Waals surface area (Å²) in [6.07, 6.45) is 1.93. The molecule has 2 heterocycles. The number of hydrogen-bond donors (Lipinski definition) is 0. The van der Waals surface area contributed by atoms with Crippen molar-refractivity contribution < 1.29 is 4.74 Å². The average Bonchev–Trinajstić information content (AvgIpc) is 2.78. The Hall–Kier alpha value is -2.00. The second kappa shape index (κ2) is 4.94. The smallest absolute Gasteiger partial charge is 0.242 e. The molecule has 0 aliphatic carbocycles. The van der Waals surface area contributed by atoms with Gasteiger partial charge in [-0.1, -0.05) is 23.8 Å². The summed E-state index contributed by atoms with van der Waals surface area (Å²) in [5.41, 5.74) is 2.89. The molecule has 1 aromatic carbocycles. The number of rotatable bonds is 3. The average molecular weight is 273 g/mol. The maximum atomic E-state index is 6.00. The number of halogens is 1. The summed E-state index contributed by atoms with van der Waals surface area (Å²) >= 11 is 6.00. The van der Waals surface area contributed by atoms with Crippen LogP contribution in [0.3, 0.4) is 0 Å². The van der Waals surface area contributed by atoms with Crippen LogP contribution in [0.5, 0.6) is 11.6 Å². The van der Waals surface area contributed by atoms with Crippen LogP contribution in [-0.2, 0) is 5.88 Å². The number of aryl methyl sites for hydroxylation is 1. The van der Waals surface area contributed by atoms with Gasteiger partial charge in [0.15, 0.2) is 0 Å². The van der Waals surface area contributed by atoms with Crippen LogP contribution >= 0.6 is 11.6 Å². The molecule has 0 spiro atoms. The van der Waals surface area contributed by atoms with Gasteiger partial charge in [-0.25, -0.2) is 0 Å². The fraction of sp³-hybridized carbons (Fsp3) is 0.133. The molecular formula is C15H13ClN2O. The summed E-state index contributed by atoms with van der Waals surface area (Å²) in [7, 11) is 0. The van der Waals surface area contributed by atoms with Crippen molar-refractivity contribution in [3.8, 4) is 11.6 Å². The zero-order valence-electron chi connectivity index (χ0n) is 10.5. The maximum absolute atomic E-state index is 6.00. The molecule has 0 radical (unpaired) electrons. The number of alkyl halides is 1. The molecule has 0 saturated heterocycles. The van der Waals surface area contributed by atoms with Crippen molar-refractivity contribution in [1.82, 2.24) is 9.38 Å². The lowest BCUT2D eigenvalue weighted by Gasteiger charge is -2.04. The maximum Gasteiger partial charge on any atom is 0.242 e. The molecular weight excluding hydrogens is 260 g/mol. The van der Waals surface area contributed by atoms with E-state index in [9.17, 15) is 0 Å². The van der Waals surface area contributed by atoms with E-state index in [1.165, 1.54) is 5.56 Å². The third-order valence-corrected chi connectivity index (χ3v) is 3.21. The summed E-state index contributed by atoms with van der Waals surface area (Å²) in [4.78, 5) is 4.46. The highest BCUT2D eigenvalue weighted by molar-refractivity contribution is 6.17. The van der Waals surface area contributed by atoms with E-state index in [0.717, 1.165) is 17.1 Å². The minimum atomic E-state index is 0.354. The standard InChI is InChI=1S/C15H13ClN2O/c1-11-5-7-12(8-6-11)19-15-13(10-16)18-9-3-2-4-14(18)17-15/h2-9H,10H2,1H3. The first-order valence-corrected chi connectivity index (χ1v) is 6.58. The predicted molar refractivity (Wildman–Crippen MR) is 76.0 cm³/mol. The van der Waals surface area contributed by atoms with Gasteiger partial charge in [0, 0.05) is 6.20 Å². The SMILES string of the molecule is Cc1ccc(Oc2nc3ccccn3c2CCl)cc1. The third-order valence-electron chi connectivity index (χ3n) is 2.95. The Morgan fingerprint density at radius 2 is 1.95 bits per heavy atom. The van der Waals surface area contributed by atoms with Gasteiger partial charge in [-0.05, 0) is 31.2 Å². The Morgan fingerprint density at radius 3 is 2.68 bits per heavy atom. The van der Waals surface area contributed by atoms with E-state index in [1.807, 2.05) is 60.0 Å². The summed E-state index contributed by atoms with van der Waals surface area (Å²) in [5, 5.41) is 0. The van der Waals surface area contributed by atoms with Crippen molar-refractivity contribution in [3.05, 3.63) is 59.9 Å². The number of fused-ring (bicyclic) bond motifs is 1. The molecule has 4 heteroatoms. The molecule has 0 aliphatic rings. The zero-order valence-corrected chi connectivity index (χ0v) is 11.3. The molecule has 0 atom stereocenters. The summed E-state index contributed by atoms with van der Waals surface area (Å²) in [5.74, 6) is 1.68. The fourth-order valence-corrected chi connectivity index (χ4v) is 2.19. The first kappa shape index (κ1) is 12.1. The van der Waals surface area contributed by atoms with E-state index in [4.69, 9.17) is 16.3 Å². The van der Waals surface area contributed by atoms with E-state index >= 15 is 0 Å². The molecule has 0 unspecified atom stereocenters. The van der Waals surface area contributed by atoms with Crippen LogP contribution in [0.4, 0.5) is 0 Å². The molecule has 0 saturated carbocycles. The quantitative estimate of drug-likeness (QED) is 0.669. The molecule has 0 fully saturated rings. The van der Waals surface area contributed by atoms with Crippen LogP contribution in [0.1, 0.15) is 11.3 Å². The number of aromatic nitrogens is 2. The monoisotopic (exact) mass is 272 g/mol. The van der Waals surface area contributed by atoms with Crippen LogP contribution in [-0.4, -0.2) is 9.38 Å². The summed E-state index contributed by atoms with van der Waals surface area (Å²) < 4.78 is 7.76. The molecule has 0 bridgehead atoms. The molecule has 96 valence electrons. The number of benzene rings is 1. The van der Waals surface area contributed by atoms with E-state index in [-0.39, 0.29) is 0 Å². The molecule has 3 nitrogen and oxygen atoms in total. The van der Waals surface area contributed by atoms with Gasteiger partial charge in [-0.2, -0.15) is 4.98 Å². The van der Waals surface area contributed by atoms with Crippen molar-refractivity contribution in [2.75, 3.05) is 0 Å². The second-order valence-electron chi connectivity index (χ2n) is 4.34. The van der Waals surface area contributed by atoms with E-state index in [2.05, 4.69) is 4.98 Å². The topological polar surface area (TPSA) is 26.5 Å². The van der Waals surface area contributed by atoms with Gasteiger partial charge in [0.2, 0.25) is 5.88 Å². The van der Waals surface area contributed by atoms with Gasteiger partial charge in [0.05, 0.1) is 5.88 Å². The third kappa shape index (κ3) is 2.29. The normalized spacial score (nSPS) is 10.8. The lowest BCUT2D eigenvalue weighted by molar-refractivity contribution is 0.461. The van der Waals surface area contributed by atoms with Gasteiger partial charge >= 0.3 is 0 Å². The van der Waals surface area contributed by atoms with Gasteiger partial charge < -0.3 is 4.74 Å². The predicted octanol–water partition coefficient (Wildman–Crippen LogP) is 4.17. The Bertz CT molecular complexity index is 704. The molecule has 2 aromatic heterocycles. The van der Waals surface area contributed by atoms with Gasteiger partial charge in [-0.3, -0.25) is 4.40 Å². The van der Waals surface area contributed by atoms with Crippen LogP contribution in [0.25, 0.3) is 5.65 Å². The van der Waals surface area contributed by atoms with Gasteiger partial charge in [-0.15, -0.1) is 11.6 Å². The zero-order chi connectivity index (χ0) is 13.2. The first-order valence-electron chi connectivity index (χ1n) is 6.04. The molecule has 3 rings (SSSR count). The lowest BCUT2D eigenvalue weighted by Crippen LogP contribution is -1.91. The van der Waals surface area contributed by atoms with E-state index < -0.39 is 0 Å². The highest BCUT2D eigenvalue weighted by Gasteiger charge is 2.12. The van der Waals surface area contributed by atoms with Crippen molar-refractivity contribution in [2.24, 2.45) is 0 Å².